The first-order valence-corrected chi connectivity index (χ1v) is 9.94. The second-order valence-corrected chi connectivity index (χ2v) is 7.99. The molecule has 1 amide bonds. The lowest BCUT2D eigenvalue weighted by Gasteiger charge is -2.17. The van der Waals surface area contributed by atoms with E-state index in [-0.39, 0.29) is 5.91 Å². The van der Waals surface area contributed by atoms with Gasteiger partial charge in [0.15, 0.2) is 15.8 Å². The first-order chi connectivity index (χ1) is 13.4. The summed E-state index contributed by atoms with van der Waals surface area (Å²) in [5.41, 5.74) is 3.76. The number of rotatable bonds is 6. The van der Waals surface area contributed by atoms with E-state index < -0.39 is 0 Å². The van der Waals surface area contributed by atoms with Crippen LogP contribution in [0.25, 0.3) is 6.08 Å². The van der Waals surface area contributed by atoms with Crippen molar-refractivity contribution in [3.8, 4) is 11.5 Å². The number of anilines is 1. The zero-order valence-corrected chi connectivity index (χ0v) is 17.7. The Morgan fingerprint density at radius 1 is 1.18 bits per heavy atom. The summed E-state index contributed by atoms with van der Waals surface area (Å²) in [6.07, 6.45) is 3.50. The lowest BCUT2D eigenvalue weighted by molar-refractivity contribution is -0.113. The molecule has 4 nitrogen and oxygen atoms in total. The molecule has 1 fully saturated rings. The van der Waals surface area contributed by atoms with E-state index in [4.69, 9.17) is 21.7 Å². The zero-order chi connectivity index (χ0) is 20.3. The van der Waals surface area contributed by atoms with Crippen molar-refractivity contribution in [2.45, 2.75) is 13.8 Å². The molecule has 6 heteroatoms. The molecule has 0 unspecified atom stereocenters. The smallest absolute Gasteiger partial charge is 0.270 e. The fraction of sp³-hybridized carbons (Fsp3) is 0.182. The highest BCUT2D eigenvalue weighted by molar-refractivity contribution is 8.27. The van der Waals surface area contributed by atoms with Crippen molar-refractivity contribution in [1.82, 2.24) is 0 Å². The lowest BCUT2D eigenvalue weighted by Crippen LogP contribution is -2.28. The van der Waals surface area contributed by atoms with Crippen molar-refractivity contribution in [3.05, 3.63) is 70.6 Å². The minimum Gasteiger partial charge on any atom is -0.493 e. The molecule has 1 aliphatic heterocycles. The Bertz CT molecular complexity index is 982. The van der Waals surface area contributed by atoms with Crippen LogP contribution in [0.1, 0.15) is 16.7 Å². The second-order valence-electron chi connectivity index (χ2n) is 6.32. The van der Waals surface area contributed by atoms with Crippen LogP contribution < -0.4 is 14.4 Å². The van der Waals surface area contributed by atoms with Crippen molar-refractivity contribution < 1.29 is 14.3 Å². The van der Waals surface area contributed by atoms with Crippen molar-refractivity contribution in [2.75, 3.05) is 18.6 Å². The summed E-state index contributed by atoms with van der Waals surface area (Å²) in [6, 6.07) is 11.5. The zero-order valence-electron chi connectivity index (χ0n) is 16.0. The van der Waals surface area contributed by atoms with Crippen molar-refractivity contribution in [1.29, 1.82) is 0 Å². The highest BCUT2D eigenvalue weighted by Gasteiger charge is 2.34. The van der Waals surface area contributed by atoms with Gasteiger partial charge in [0.1, 0.15) is 6.61 Å². The number of hydrogen-bond donors (Lipinski definition) is 0. The number of benzene rings is 2. The van der Waals surface area contributed by atoms with E-state index in [9.17, 15) is 4.79 Å². The summed E-state index contributed by atoms with van der Waals surface area (Å²) in [4.78, 5) is 15.2. The van der Waals surface area contributed by atoms with Crippen LogP contribution in [0, 0.1) is 13.8 Å². The number of hydrogen-bond acceptors (Lipinski definition) is 5. The number of carbonyl (C=O) groups excluding carboxylic acids is 1. The minimum absolute atomic E-state index is 0.116. The number of nitrogens with zero attached hydrogens (tertiary/aromatic N) is 1. The van der Waals surface area contributed by atoms with Crippen LogP contribution in [0.3, 0.4) is 0 Å². The molecular formula is C22H21NO3S2. The van der Waals surface area contributed by atoms with E-state index >= 15 is 0 Å². The Hall–Kier alpha value is -2.57. The van der Waals surface area contributed by atoms with Crippen molar-refractivity contribution in [3.63, 3.8) is 0 Å². The number of thiocarbonyl (C=S) groups is 1. The quantitative estimate of drug-likeness (QED) is 0.367. The number of carbonyl (C=O) groups is 1. The highest BCUT2D eigenvalue weighted by Crippen LogP contribution is 2.38. The largest absolute Gasteiger partial charge is 0.493 e. The highest BCUT2D eigenvalue weighted by atomic mass is 32.2. The minimum atomic E-state index is -0.116. The maximum absolute atomic E-state index is 13.0. The molecule has 0 aliphatic carbocycles. The third-order valence-electron chi connectivity index (χ3n) is 4.24. The predicted molar refractivity (Wildman–Crippen MR) is 120 cm³/mol. The summed E-state index contributed by atoms with van der Waals surface area (Å²) in [5, 5.41) is 0. The van der Waals surface area contributed by atoms with Crippen LogP contribution in [0.5, 0.6) is 11.5 Å². The molecule has 1 heterocycles. The molecule has 2 aromatic carbocycles. The summed E-state index contributed by atoms with van der Waals surface area (Å²) < 4.78 is 11.5. The summed E-state index contributed by atoms with van der Waals surface area (Å²) in [7, 11) is 1.58. The van der Waals surface area contributed by atoms with Gasteiger partial charge in [0.2, 0.25) is 0 Å². The number of amides is 1. The fourth-order valence-electron chi connectivity index (χ4n) is 2.83. The first kappa shape index (κ1) is 20.2. The van der Waals surface area contributed by atoms with Gasteiger partial charge in [-0.1, -0.05) is 54.8 Å². The number of methoxy groups -OCH3 is 1. The van der Waals surface area contributed by atoms with Crippen molar-refractivity contribution >= 4 is 46.0 Å². The van der Waals surface area contributed by atoms with Gasteiger partial charge in [-0.15, -0.1) is 0 Å². The Morgan fingerprint density at radius 3 is 2.68 bits per heavy atom. The average molecular weight is 412 g/mol. The normalized spacial score (nSPS) is 15.2. The molecule has 0 bridgehead atoms. The molecule has 0 aromatic heterocycles. The van der Waals surface area contributed by atoms with Crippen LogP contribution in [0.4, 0.5) is 5.69 Å². The Kier molecular flexibility index (Phi) is 6.21. The number of thioether (sulfide) groups is 1. The van der Waals surface area contributed by atoms with Gasteiger partial charge in [-0.3, -0.25) is 9.69 Å². The Labute approximate surface area is 174 Å². The van der Waals surface area contributed by atoms with E-state index in [2.05, 4.69) is 6.58 Å². The molecule has 0 radical (unpaired) electrons. The Morgan fingerprint density at radius 2 is 1.96 bits per heavy atom. The van der Waals surface area contributed by atoms with Crippen LogP contribution in [0.2, 0.25) is 0 Å². The predicted octanol–water partition coefficient (Wildman–Crippen LogP) is 5.28. The molecule has 0 saturated carbocycles. The standard InChI is InChI=1S/C22H21NO3S2/c1-5-10-26-18-9-8-16(12-19(18)25-4)13-20-21(24)23(22(27)28-20)17-11-14(2)6-7-15(17)3/h5-9,11-13H,1,10H2,2-4H3/b20-13-. The van der Waals surface area contributed by atoms with E-state index in [0.29, 0.717) is 27.3 Å². The lowest BCUT2D eigenvalue weighted by atomic mass is 10.1. The number of aryl methyl sites for hydroxylation is 2. The van der Waals surface area contributed by atoms with E-state index in [1.807, 2.05) is 56.3 Å². The second kappa shape index (κ2) is 8.63. The molecular weight excluding hydrogens is 390 g/mol. The molecule has 144 valence electrons. The maximum Gasteiger partial charge on any atom is 0.270 e. The monoisotopic (exact) mass is 411 g/mol. The first-order valence-electron chi connectivity index (χ1n) is 8.71. The molecule has 1 aliphatic rings. The van der Waals surface area contributed by atoms with Gasteiger partial charge in [0.05, 0.1) is 17.7 Å². The van der Waals surface area contributed by atoms with Crippen LogP contribution >= 0.6 is 24.0 Å². The van der Waals surface area contributed by atoms with E-state index in [1.165, 1.54) is 11.8 Å². The van der Waals surface area contributed by atoms with Crippen LogP contribution in [-0.4, -0.2) is 23.9 Å². The van der Waals surface area contributed by atoms with E-state index in [0.717, 1.165) is 22.4 Å². The number of ether oxygens (including phenoxy) is 2. The molecule has 0 N–H and O–H groups in total. The van der Waals surface area contributed by atoms with Gasteiger partial charge in [-0.25, -0.2) is 0 Å². The molecule has 28 heavy (non-hydrogen) atoms. The summed E-state index contributed by atoms with van der Waals surface area (Å²) >= 11 is 6.79. The molecule has 0 spiro atoms. The topological polar surface area (TPSA) is 38.8 Å². The third-order valence-corrected chi connectivity index (χ3v) is 5.54. The van der Waals surface area contributed by atoms with Gasteiger partial charge >= 0.3 is 0 Å². The van der Waals surface area contributed by atoms with Gasteiger partial charge < -0.3 is 9.47 Å². The van der Waals surface area contributed by atoms with E-state index in [1.54, 1.807) is 18.1 Å². The van der Waals surface area contributed by atoms with Crippen LogP contribution in [0.15, 0.2) is 54.0 Å². The van der Waals surface area contributed by atoms with Gasteiger partial charge in [0.25, 0.3) is 5.91 Å². The van der Waals surface area contributed by atoms with Crippen LogP contribution in [-0.2, 0) is 4.79 Å². The fourth-order valence-corrected chi connectivity index (χ4v) is 4.11. The summed E-state index contributed by atoms with van der Waals surface area (Å²) in [6.45, 7) is 8.01. The van der Waals surface area contributed by atoms with Crippen molar-refractivity contribution in [2.24, 2.45) is 0 Å². The van der Waals surface area contributed by atoms with Gasteiger partial charge in [-0.05, 0) is 54.8 Å². The summed E-state index contributed by atoms with van der Waals surface area (Å²) in [5.74, 6) is 1.11. The molecule has 3 rings (SSSR count). The maximum atomic E-state index is 13.0. The molecule has 1 saturated heterocycles. The van der Waals surface area contributed by atoms with Gasteiger partial charge in [-0.2, -0.15) is 0 Å². The molecule has 0 atom stereocenters. The molecule has 2 aromatic rings. The SMILES string of the molecule is C=CCOc1ccc(/C=C2\SC(=S)N(c3cc(C)ccc3C)C2=O)cc1OC. The van der Waals surface area contributed by atoms with Gasteiger partial charge in [0, 0.05) is 0 Å². The average Bonchev–Trinajstić information content (AvgIpc) is 2.95. The third kappa shape index (κ3) is 4.13. The Balaban J connectivity index is 1.91.